The molecule has 1 aliphatic rings. The van der Waals surface area contributed by atoms with Crippen molar-refractivity contribution >= 4 is 23.4 Å². The number of piperazine rings is 1. The number of para-hydroxylation sites is 1. The van der Waals surface area contributed by atoms with Gasteiger partial charge in [-0.3, -0.25) is 9.59 Å². The van der Waals surface area contributed by atoms with E-state index in [4.69, 9.17) is 21.1 Å². The van der Waals surface area contributed by atoms with Crippen LogP contribution in [-0.4, -0.2) is 61.0 Å². The maximum absolute atomic E-state index is 12.5. The van der Waals surface area contributed by atoms with Gasteiger partial charge in [0.05, 0.1) is 13.0 Å². The van der Waals surface area contributed by atoms with Crippen molar-refractivity contribution < 1.29 is 19.1 Å². The minimum absolute atomic E-state index is 0.0284. The molecule has 160 valence electrons. The monoisotopic (exact) mass is 430 g/mol. The van der Waals surface area contributed by atoms with Crippen molar-refractivity contribution in [1.29, 1.82) is 0 Å². The number of carbonyl (C=O) groups is 2. The van der Waals surface area contributed by atoms with Gasteiger partial charge in [0.25, 0.3) is 5.91 Å². The standard InChI is InChI=1S/C23H27ClN2O4/c1-17-14-20(15-18(2)23(17)24)30-16-22(28)26-11-9-25(10-12-26)21(27)8-13-29-19-6-4-3-5-7-19/h3-7,14-15H,8-13,16H2,1-2H3. The van der Waals surface area contributed by atoms with Gasteiger partial charge in [-0.15, -0.1) is 0 Å². The third-order valence-electron chi connectivity index (χ3n) is 5.09. The first-order valence-electron chi connectivity index (χ1n) is 10.1. The van der Waals surface area contributed by atoms with Gasteiger partial charge in [-0.05, 0) is 49.2 Å². The molecular weight excluding hydrogens is 404 g/mol. The average Bonchev–Trinajstić information content (AvgIpc) is 2.76. The number of hydrogen-bond acceptors (Lipinski definition) is 4. The van der Waals surface area contributed by atoms with Gasteiger partial charge in [0.15, 0.2) is 6.61 Å². The van der Waals surface area contributed by atoms with Crippen LogP contribution >= 0.6 is 11.6 Å². The van der Waals surface area contributed by atoms with Gasteiger partial charge < -0.3 is 19.3 Å². The van der Waals surface area contributed by atoms with Crippen LogP contribution in [0.4, 0.5) is 0 Å². The summed E-state index contributed by atoms with van der Waals surface area (Å²) in [4.78, 5) is 28.4. The van der Waals surface area contributed by atoms with Gasteiger partial charge >= 0.3 is 0 Å². The summed E-state index contributed by atoms with van der Waals surface area (Å²) in [5.41, 5.74) is 1.84. The number of ether oxygens (including phenoxy) is 2. The molecule has 2 aromatic carbocycles. The van der Waals surface area contributed by atoms with Crippen LogP contribution in [0.25, 0.3) is 0 Å². The highest BCUT2D eigenvalue weighted by Gasteiger charge is 2.24. The zero-order valence-corrected chi connectivity index (χ0v) is 18.2. The van der Waals surface area contributed by atoms with Crippen LogP contribution in [0.2, 0.25) is 5.02 Å². The molecule has 2 aromatic rings. The summed E-state index contributed by atoms with van der Waals surface area (Å²) in [7, 11) is 0. The number of amides is 2. The third kappa shape index (κ3) is 5.89. The fourth-order valence-electron chi connectivity index (χ4n) is 3.36. The fraction of sp³-hybridized carbons (Fsp3) is 0.391. The molecule has 0 N–H and O–H groups in total. The summed E-state index contributed by atoms with van der Waals surface area (Å²) in [6, 6.07) is 13.1. The Bertz CT molecular complexity index is 857. The normalized spacial score (nSPS) is 13.8. The van der Waals surface area contributed by atoms with E-state index in [1.54, 1.807) is 9.80 Å². The van der Waals surface area contributed by atoms with Crippen LogP contribution in [0.5, 0.6) is 11.5 Å². The van der Waals surface area contributed by atoms with Gasteiger partial charge in [-0.2, -0.15) is 0 Å². The first kappa shape index (κ1) is 22.0. The van der Waals surface area contributed by atoms with E-state index in [1.165, 1.54) is 0 Å². The Kier molecular flexibility index (Phi) is 7.57. The van der Waals surface area contributed by atoms with Crippen molar-refractivity contribution in [3.63, 3.8) is 0 Å². The number of aryl methyl sites for hydroxylation is 2. The zero-order chi connectivity index (χ0) is 21.5. The van der Waals surface area contributed by atoms with Crippen LogP contribution < -0.4 is 9.47 Å². The molecule has 0 aromatic heterocycles. The molecule has 0 bridgehead atoms. The van der Waals surface area contributed by atoms with Gasteiger partial charge in [-0.25, -0.2) is 0 Å². The highest BCUT2D eigenvalue weighted by Crippen LogP contribution is 2.25. The highest BCUT2D eigenvalue weighted by atomic mass is 35.5. The molecular formula is C23H27ClN2O4. The minimum atomic E-state index is -0.0835. The van der Waals surface area contributed by atoms with Crippen LogP contribution in [0, 0.1) is 13.8 Å². The van der Waals surface area contributed by atoms with Gasteiger partial charge in [-0.1, -0.05) is 29.8 Å². The Morgan fingerprint density at radius 1 is 0.867 bits per heavy atom. The number of carbonyl (C=O) groups excluding carboxylic acids is 2. The molecule has 30 heavy (non-hydrogen) atoms. The molecule has 1 aliphatic heterocycles. The fourth-order valence-corrected chi connectivity index (χ4v) is 3.47. The number of hydrogen-bond donors (Lipinski definition) is 0. The van der Waals surface area contributed by atoms with Crippen molar-refractivity contribution in [1.82, 2.24) is 9.80 Å². The molecule has 2 amide bonds. The molecule has 1 saturated heterocycles. The van der Waals surface area contributed by atoms with E-state index in [0.717, 1.165) is 16.9 Å². The molecule has 0 saturated carbocycles. The molecule has 1 heterocycles. The first-order chi connectivity index (χ1) is 14.4. The Balaban J connectivity index is 1.39. The smallest absolute Gasteiger partial charge is 0.260 e. The van der Waals surface area contributed by atoms with Crippen LogP contribution in [0.15, 0.2) is 42.5 Å². The topological polar surface area (TPSA) is 59.1 Å². The van der Waals surface area contributed by atoms with E-state index in [1.807, 2.05) is 56.3 Å². The summed E-state index contributed by atoms with van der Waals surface area (Å²) < 4.78 is 11.2. The summed E-state index contributed by atoms with van der Waals surface area (Å²) in [6.07, 6.45) is 0.321. The maximum Gasteiger partial charge on any atom is 0.260 e. The lowest BCUT2D eigenvalue weighted by atomic mass is 10.1. The Hall–Kier alpha value is -2.73. The first-order valence-corrected chi connectivity index (χ1v) is 10.4. The number of nitrogens with zero attached hydrogens (tertiary/aromatic N) is 2. The largest absolute Gasteiger partial charge is 0.493 e. The molecule has 0 radical (unpaired) electrons. The Labute approximate surface area is 182 Å². The molecule has 1 fully saturated rings. The molecule has 0 aliphatic carbocycles. The molecule has 3 rings (SSSR count). The molecule has 0 atom stereocenters. The van der Waals surface area contributed by atoms with Crippen LogP contribution in [0.1, 0.15) is 17.5 Å². The lowest BCUT2D eigenvalue weighted by molar-refractivity contribution is -0.141. The maximum atomic E-state index is 12.5. The van der Waals surface area contributed by atoms with E-state index in [9.17, 15) is 9.59 Å². The minimum Gasteiger partial charge on any atom is -0.493 e. The second kappa shape index (κ2) is 10.3. The van der Waals surface area contributed by atoms with E-state index < -0.39 is 0 Å². The van der Waals surface area contributed by atoms with E-state index in [2.05, 4.69) is 0 Å². The van der Waals surface area contributed by atoms with Crippen LogP contribution in [0.3, 0.4) is 0 Å². The summed E-state index contributed by atoms with van der Waals surface area (Å²) in [6.45, 7) is 6.19. The van der Waals surface area contributed by atoms with Crippen molar-refractivity contribution in [3.05, 3.63) is 58.6 Å². The second-order valence-electron chi connectivity index (χ2n) is 7.33. The lowest BCUT2D eigenvalue weighted by Crippen LogP contribution is -2.51. The van der Waals surface area contributed by atoms with Gasteiger partial charge in [0, 0.05) is 31.2 Å². The quantitative estimate of drug-likeness (QED) is 0.674. The Morgan fingerprint density at radius 2 is 1.43 bits per heavy atom. The number of halogens is 1. The molecule has 7 heteroatoms. The number of benzene rings is 2. The molecule has 6 nitrogen and oxygen atoms in total. The third-order valence-corrected chi connectivity index (χ3v) is 5.68. The predicted octanol–water partition coefficient (Wildman–Crippen LogP) is 3.48. The summed E-state index contributed by atoms with van der Waals surface area (Å²) in [5, 5.41) is 0.712. The van der Waals surface area contributed by atoms with Crippen molar-refractivity contribution in [2.45, 2.75) is 20.3 Å². The van der Waals surface area contributed by atoms with E-state index in [0.29, 0.717) is 50.0 Å². The van der Waals surface area contributed by atoms with Crippen molar-refractivity contribution in [3.8, 4) is 11.5 Å². The summed E-state index contributed by atoms with van der Waals surface area (Å²) in [5.74, 6) is 1.35. The Morgan fingerprint density at radius 3 is 2.03 bits per heavy atom. The number of rotatable bonds is 7. The second-order valence-corrected chi connectivity index (χ2v) is 7.71. The van der Waals surface area contributed by atoms with Crippen LogP contribution in [-0.2, 0) is 9.59 Å². The highest BCUT2D eigenvalue weighted by molar-refractivity contribution is 6.32. The summed E-state index contributed by atoms with van der Waals surface area (Å²) >= 11 is 6.17. The zero-order valence-electron chi connectivity index (χ0n) is 17.4. The van der Waals surface area contributed by atoms with Crippen molar-refractivity contribution in [2.24, 2.45) is 0 Å². The van der Waals surface area contributed by atoms with E-state index in [-0.39, 0.29) is 18.4 Å². The van der Waals surface area contributed by atoms with Gasteiger partial charge in [0.1, 0.15) is 11.5 Å². The molecule has 0 unspecified atom stereocenters. The SMILES string of the molecule is Cc1cc(OCC(=O)N2CCN(C(=O)CCOc3ccccc3)CC2)cc(C)c1Cl. The van der Waals surface area contributed by atoms with Gasteiger partial charge in [0.2, 0.25) is 5.91 Å². The predicted molar refractivity (Wildman–Crippen MR) is 116 cm³/mol. The van der Waals surface area contributed by atoms with E-state index >= 15 is 0 Å². The lowest BCUT2D eigenvalue weighted by Gasteiger charge is -2.34. The molecule has 0 spiro atoms. The van der Waals surface area contributed by atoms with Crippen molar-refractivity contribution in [2.75, 3.05) is 39.4 Å². The average molecular weight is 431 g/mol.